The maximum atomic E-state index is 5.64. The molecule has 0 saturated carbocycles. The van der Waals surface area contributed by atoms with Crippen LogP contribution in [0.15, 0.2) is 30.9 Å². The number of pyridine rings is 1. The zero-order valence-electron chi connectivity index (χ0n) is 10.6. The summed E-state index contributed by atoms with van der Waals surface area (Å²) in [6.07, 6.45) is 7.73. The first-order valence-corrected chi connectivity index (χ1v) is 6.41. The highest BCUT2D eigenvalue weighted by atomic mass is 35.5. The van der Waals surface area contributed by atoms with E-state index in [1.165, 1.54) is 0 Å². The van der Waals surface area contributed by atoms with Crippen LogP contribution in [0.2, 0.25) is 0 Å². The molecule has 0 aliphatic heterocycles. The first-order chi connectivity index (χ1) is 9.28. The summed E-state index contributed by atoms with van der Waals surface area (Å²) in [5.41, 5.74) is 1.84. The molecule has 0 aliphatic carbocycles. The van der Waals surface area contributed by atoms with Crippen LogP contribution in [-0.4, -0.2) is 20.6 Å². The van der Waals surface area contributed by atoms with Gasteiger partial charge in [-0.15, -0.1) is 11.6 Å². The lowest BCUT2D eigenvalue weighted by atomic mass is 10.2. The van der Waals surface area contributed by atoms with Crippen LogP contribution >= 0.6 is 11.6 Å². The number of hydrogen-bond acceptors (Lipinski definition) is 3. The van der Waals surface area contributed by atoms with Crippen LogP contribution in [0.3, 0.4) is 0 Å². The van der Waals surface area contributed by atoms with E-state index in [2.05, 4.69) is 21.9 Å². The second-order valence-electron chi connectivity index (χ2n) is 3.96. The van der Waals surface area contributed by atoms with Crippen molar-refractivity contribution < 1.29 is 4.74 Å². The Morgan fingerprint density at radius 1 is 1.37 bits per heavy atom. The Balaban J connectivity index is 1.97. The SMILES string of the molecule is Cn1cc(COc2cncc(C#CCCCl)c2)cn1. The fourth-order valence-corrected chi connectivity index (χ4v) is 1.59. The molecule has 2 aromatic rings. The number of halogens is 1. The van der Waals surface area contributed by atoms with Gasteiger partial charge in [-0.1, -0.05) is 11.8 Å². The number of ether oxygens (including phenoxy) is 1. The molecule has 0 spiro atoms. The van der Waals surface area contributed by atoms with E-state index in [1.54, 1.807) is 23.3 Å². The monoisotopic (exact) mass is 275 g/mol. The van der Waals surface area contributed by atoms with Crippen molar-refractivity contribution in [3.05, 3.63) is 42.0 Å². The summed E-state index contributed by atoms with van der Waals surface area (Å²) >= 11 is 5.57. The Kier molecular flexibility index (Phi) is 4.82. The van der Waals surface area contributed by atoms with Crippen LogP contribution in [0.1, 0.15) is 17.5 Å². The molecule has 0 unspecified atom stereocenters. The highest BCUT2D eigenvalue weighted by molar-refractivity contribution is 6.18. The summed E-state index contributed by atoms with van der Waals surface area (Å²) in [4.78, 5) is 4.10. The van der Waals surface area contributed by atoms with Gasteiger partial charge in [-0.05, 0) is 6.07 Å². The standard InChI is InChI=1S/C14H14ClN3O/c1-18-10-13(8-17-18)11-19-14-6-12(7-16-9-14)4-2-3-5-15/h6-10H,3,5,11H2,1H3. The van der Waals surface area contributed by atoms with Crippen molar-refractivity contribution in [3.63, 3.8) is 0 Å². The fourth-order valence-electron chi connectivity index (χ4n) is 1.49. The molecule has 0 fully saturated rings. The highest BCUT2D eigenvalue weighted by Gasteiger charge is 1.99. The Labute approximate surface area is 117 Å². The van der Waals surface area contributed by atoms with Crippen LogP contribution < -0.4 is 4.74 Å². The first kappa shape index (κ1) is 13.4. The van der Waals surface area contributed by atoms with Crippen LogP contribution in [0.4, 0.5) is 0 Å². The largest absolute Gasteiger partial charge is 0.487 e. The van der Waals surface area contributed by atoms with Gasteiger partial charge in [0.05, 0.1) is 12.4 Å². The summed E-state index contributed by atoms with van der Waals surface area (Å²) < 4.78 is 7.38. The molecule has 2 rings (SSSR count). The third kappa shape index (κ3) is 4.31. The predicted molar refractivity (Wildman–Crippen MR) is 74.0 cm³/mol. The first-order valence-electron chi connectivity index (χ1n) is 5.88. The van der Waals surface area contributed by atoms with Gasteiger partial charge in [0.25, 0.3) is 0 Å². The van der Waals surface area contributed by atoms with Crippen molar-refractivity contribution in [2.45, 2.75) is 13.0 Å². The quantitative estimate of drug-likeness (QED) is 0.635. The summed E-state index contributed by atoms with van der Waals surface area (Å²) in [5, 5.41) is 4.08. The molecule has 98 valence electrons. The second kappa shape index (κ2) is 6.81. The molecule has 0 amide bonds. The molecule has 0 aliphatic rings. The van der Waals surface area contributed by atoms with Gasteiger partial charge in [0, 0.05) is 42.9 Å². The summed E-state index contributed by atoms with van der Waals surface area (Å²) in [6.45, 7) is 0.466. The van der Waals surface area contributed by atoms with Gasteiger partial charge in [0.2, 0.25) is 0 Å². The van der Waals surface area contributed by atoms with Gasteiger partial charge in [0.15, 0.2) is 0 Å². The average Bonchev–Trinajstić information content (AvgIpc) is 2.83. The molecule has 0 radical (unpaired) electrons. The second-order valence-corrected chi connectivity index (χ2v) is 4.34. The van der Waals surface area contributed by atoms with Crippen molar-refractivity contribution in [3.8, 4) is 17.6 Å². The number of aryl methyl sites for hydroxylation is 1. The molecule has 4 nitrogen and oxygen atoms in total. The van der Waals surface area contributed by atoms with Crippen LogP contribution in [0.25, 0.3) is 0 Å². The number of hydrogen-bond donors (Lipinski definition) is 0. The number of alkyl halides is 1. The number of nitrogens with zero attached hydrogens (tertiary/aromatic N) is 3. The van der Waals surface area contributed by atoms with Crippen molar-refractivity contribution in [1.82, 2.24) is 14.8 Å². The van der Waals surface area contributed by atoms with E-state index in [4.69, 9.17) is 16.3 Å². The third-order valence-corrected chi connectivity index (χ3v) is 2.52. The van der Waals surface area contributed by atoms with E-state index >= 15 is 0 Å². The topological polar surface area (TPSA) is 39.9 Å². The minimum absolute atomic E-state index is 0.466. The van der Waals surface area contributed by atoms with Gasteiger partial charge in [-0.25, -0.2) is 0 Å². The zero-order valence-corrected chi connectivity index (χ0v) is 11.4. The lowest BCUT2D eigenvalue weighted by Gasteiger charge is -2.03. The molecular formula is C14H14ClN3O. The van der Waals surface area contributed by atoms with Crippen LogP contribution in [0.5, 0.6) is 5.75 Å². The Morgan fingerprint density at radius 3 is 3.00 bits per heavy atom. The van der Waals surface area contributed by atoms with Crippen molar-refractivity contribution in [1.29, 1.82) is 0 Å². The van der Waals surface area contributed by atoms with E-state index in [1.807, 2.05) is 19.3 Å². The molecule has 0 N–H and O–H groups in total. The molecule has 2 aromatic heterocycles. The van der Waals surface area contributed by atoms with E-state index in [0.29, 0.717) is 24.7 Å². The van der Waals surface area contributed by atoms with Gasteiger partial charge in [-0.2, -0.15) is 5.10 Å². The van der Waals surface area contributed by atoms with E-state index in [0.717, 1.165) is 11.1 Å². The summed E-state index contributed by atoms with van der Waals surface area (Å²) in [5.74, 6) is 7.19. The minimum Gasteiger partial charge on any atom is -0.487 e. The molecule has 0 atom stereocenters. The highest BCUT2D eigenvalue weighted by Crippen LogP contribution is 2.12. The maximum Gasteiger partial charge on any atom is 0.139 e. The maximum absolute atomic E-state index is 5.64. The fraction of sp³-hybridized carbons (Fsp3) is 0.286. The average molecular weight is 276 g/mol. The summed E-state index contributed by atoms with van der Waals surface area (Å²) in [6, 6.07) is 1.87. The van der Waals surface area contributed by atoms with E-state index < -0.39 is 0 Å². The molecule has 5 heteroatoms. The molecular weight excluding hydrogens is 262 g/mol. The molecule has 0 saturated heterocycles. The normalized spacial score (nSPS) is 9.79. The Morgan fingerprint density at radius 2 is 2.26 bits per heavy atom. The predicted octanol–water partition coefficient (Wildman–Crippen LogP) is 2.37. The number of rotatable bonds is 4. The van der Waals surface area contributed by atoms with E-state index in [-0.39, 0.29) is 0 Å². The van der Waals surface area contributed by atoms with Gasteiger partial charge in [-0.3, -0.25) is 9.67 Å². The van der Waals surface area contributed by atoms with Crippen molar-refractivity contribution in [2.24, 2.45) is 7.05 Å². The Hall–Kier alpha value is -1.99. The van der Waals surface area contributed by atoms with Crippen molar-refractivity contribution >= 4 is 11.6 Å². The van der Waals surface area contributed by atoms with Gasteiger partial charge < -0.3 is 4.74 Å². The van der Waals surface area contributed by atoms with Gasteiger partial charge >= 0.3 is 0 Å². The summed E-state index contributed by atoms with van der Waals surface area (Å²) in [7, 11) is 1.87. The molecule has 0 aromatic carbocycles. The van der Waals surface area contributed by atoms with E-state index in [9.17, 15) is 0 Å². The lowest BCUT2D eigenvalue weighted by Crippen LogP contribution is -1.95. The van der Waals surface area contributed by atoms with Crippen LogP contribution in [-0.2, 0) is 13.7 Å². The molecule has 19 heavy (non-hydrogen) atoms. The van der Waals surface area contributed by atoms with Crippen molar-refractivity contribution in [2.75, 3.05) is 5.88 Å². The molecule has 0 bridgehead atoms. The minimum atomic E-state index is 0.466. The van der Waals surface area contributed by atoms with Crippen LogP contribution in [0, 0.1) is 11.8 Å². The number of aromatic nitrogens is 3. The smallest absolute Gasteiger partial charge is 0.139 e. The van der Waals surface area contributed by atoms with Gasteiger partial charge in [0.1, 0.15) is 12.4 Å². The lowest BCUT2D eigenvalue weighted by molar-refractivity contribution is 0.305. The Bertz CT molecular complexity index is 598. The molecule has 2 heterocycles. The zero-order chi connectivity index (χ0) is 13.5. The third-order valence-electron chi connectivity index (χ3n) is 2.33.